The third-order valence-electron chi connectivity index (χ3n) is 5.21. The molecule has 1 heterocycles. The molecule has 1 aromatic heterocycles. The fraction of sp³-hybridized carbons (Fsp3) is 0.609. The normalized spacial score (nSPS) is 13.3. The van der Waals surface area contributed by atoms with E-state index in [0.29, 0.717) is 32.0 Å². The van der Waals surface area contributed by atoms with Gasteiger partial charge in [-0.25, -0.2) is 13.4 Å². The molecule has 1 unspecified atom stereocenters. The average molecular weight is 436 g/mol. The van der Waals surface area contributed by atoms with Crippen LogP contribution in [0, 0.1) is 5.92 Å². The van der Waals surface area contributed by atoms with Crippen LogP contribution in [-0.2, 0) is 22.9 Å². The molecule has 2 rings (SSSR count). The van der Waals surface area contributed by atoms with Gasteiger partial charge in [-0.15, -0.1) is 0 Å². The number of aromatic nitrogens is 2. The van der Waals surface area contributed by atoms with E-state index in [2.05, 4.69) is 25.8 Å². The number of aliphatic hydroxyl groups is 1. The highest BCUT2D eigenvalue weighted by atomic mass is 32.2. The molecule has 1 aromatic carbocycles. The quantitative estimate of drug-likeness (QED) is 0.513. The summed E-state index contributed by atoms with van der Waals surface area (Å²) in [5.74, 6) is 0.622. The average Bonchev–Trinajstić information content (AvgIpc) is 3.09. The van der Waals surface area contributed by atoms with E-state index >= 15 is 0 Å². The van der Waals surface area contributed by atoms with Gasteiger partial charge in [-0.3, -0.25) is 4.90 Å². The number of aliphatic hydroxyl groups excluding tert-OH is 1. The highest BCUT2D eigenvalue weighted by Crippen LogP contribution is 2.19. The lowest BCUT2D eigenvalue weighted by Crippen LogP contribution is -2.26. The van der Waals surface area contributed by atoms with E-state index in [4.69, 9.17) is 0 Å². The van der Waals surface area contributed by atoms with Crippen LogP contribution in [0.1, 0.15) is 63.8 Å². The molecular weight excluding hydrogens is 398 g/mol. The Balaban J connectivity index is 2.13. The molecule has 0 spiro atoms. The van der Waals surface area contributed by atoms with Crippen LogP contribution in [0.25, 0.3) is 0 Å². The van der Waals surface area contributed by atoms with Crippen LogP contribution >= 0.6 is 0 Å². The fourth-order valence-electron chi connectivity index (χ4n) is 3.51. The molecule has 30 heavy (non-hydrogen) atoms. The van der Waals surface area contributed by atoms with Gasteiger partial charge in [-0.1, -0.05) is 57.5 Å². The third kappa shape index (κ3) is 7.22. The van der Waals surface area contributed by atoms with Crippen molar-refractivity contribution in [3.63, 3.8) is 0 Å². The van der Waals surface area contributed by atoms with E-state index in [1.54, 1.807) is 6.20 Å². The first-order chi connectivity index (χ1) is 14.2. The maximum absolute atomic E-state index is 12.9. The van der Waals surface area contributed by atoms with Gasteiger partial charge in [-0.2, -0.15) is 0 Å². The van der Waals surface area contributed by atoms with Crippen molar-refractivity contribution in [3.05, 3.63) is 47.8 Å². The Bertz CT molecular complexity index is 863. The lowest BCUT2D eigenvalue weighted by atomic mass is 10.1. The van der Waals surface area contributed by atoms with Crippen LogP contribution < -0.4 is 0 Å². The fourth-order valence-corrected chi connectivity index (χ4v) is 5.00. The van der Waals surface area contributed by atoms with Gasteiger partial charge in [0, 0.05) is 19.6 Å². The first-order valence-corrected chi connectivity index (χ1v) is 12.6. The van der Waals surface area contributed by atoms with Crippen LogP contribution in [0.3, 0.4) is 0 Å². The van der Waals surface area contributed by atoms with E-state index in [9.17, 15) is 13.5 Å². The van der Waals surface area contributed by atoms with Crippen molar-refractivity contribution in [2.45, 2.75) is 70.8 Å². The minimum atomic E-state index is -3.41. The number of imidazole rings is 1. The standard InChI is InChI=1S/C23H37N3O3S/c1-5-6-14-26-21(16-24-23(26)30(28,29)15-10-11-19(2)3)17-25(4)18-22(27)20-12-8-7-9-13-20/h7-9,12-13,16,19,22,27H,5-6,10-11,14-15,17-18H2,1-4H3. The summed E-state index contributed by atoms with van der Waals surface area (Å²) in [4.78, 5) is 6.32. The lowest BCUT2D eigenvalue weighted by molar-refractivity contribution is 0.122. The molecule has 0 aliphatic rings. The van der Waals surface area contributed by atoms with Crippen molar-refractivity contribution in [2.75, 3.05) is 19.3 Å². The maximum atomic E-state index is 12.9. The second kappa shape index (κ2) is 11.6. The van der Waals surface area contributed by atoms with Crippen molar-refractivity contribution in [1.29, 1.82) is 0 Å². The highest BCUT2D eigenvalue weighted by molar-refractivity contribution is 7.91. The number of rotatable bonds is 13. The van der Waals surface area contributed by atoms with Crippen LogP contribution in [0.5, 0.6) is 0 Å². The number of likely N-dealkylation sites (N-methyl/N-ethyl adjacent to an activating group) is 1. The van der Waals surface area contributed by atoms with Crippen molar-refractivity contribution in [3.8, 4) is 0 Å². The van der Waals surface area contributed by atoms with Crippen LogP contribution in [0.2, 0.25) is 0 Å². The second-order valence-corrected chi connectivity index (χ2v) is 10.5. The minimum absolute atomic E-state index is 0.135. The number of hydrogen-bond donors (Lipinski definition) is 1. The molecule has 0 fully saturated rings. The molecule has 0 saturated carbocycles. The molecule has 0 saturated heterocycles. The van der Waals surface area contributed by atoms with Gasteiger partial charge in [0.1, 0.15) is 0 Å². The van der Waals surface area contributed by atoms with Gasteiger partial charge < -0.3 is 9.67 Å². The van der Waals surface area contributed by atoms with Crippen LogP contribution in [0.15, 0.2) is 41.7 Å². The number of unbranched alkanes of at least 4 members (excludes halogenated alkanes) is 1. The van der Waals surface area contributed by atoms with E-state index in [1.165, 1.54) is 0 Å². The Morgan fingerprint density at radius 1 is 1.17 bits per heavy atom. The molecule has 0 amide bonds. The van der Waals surface area contributed by atoms with E-state index < -0.39 is 15.9 Å². The topological polar surface area (TPSA) is 75.4 Å². The summed E-state index contributed by atoms with van der Waals surface area (Å²) in [6.45, 7) is 7.93. The largest absolute Gasteiger partial charge is 0.387 e. The van der Waals surface area contributed by atoms with Crippen LogP contribution in [0.4, 0.5) is 0 Å². The van der Waals surface area contributed by atoms with Gasteiger partial charge in [0.05, 0.1) is 23.7 Å². The molecule has 1 N–H and O–H groups in total. The zero-order valence-corrected chi connectivity index (χ0v) is 19.6. The number of sulfone groups is 1. The van der Waals surface area contributed by atoms with E-state index in [1.807, 2.05) is 46.8 Å². The Morgan fingerprint density at radius 3 is 2.50 bits per heavy atom. The summed E-state index contributed by atoms with van der Waals surface area (Å²) < 4.78 is 27.7. The predicted octanol–water partition coefficient (Wildman–Crippen LogP) is 4.06. The van der Waals surface area contributed by atoms with Crippen LogP contribution in [-0.4, -0.2) is 47.3 Å². The van der Waals surface area contributed by atoms with E-state index in [-0.39, 0.29) is 10.9 Å². The second-order valence-electron chi connectivity index (χ2n) is 8.52. The Labute approximate surface area is 181 Å². The van der Waals surface area contributed by atoms with Crippen molar-refractivity contribution >= 4 is 9.84 Å². The summed E-state index contributed by atoms with van der Waals surface area (Å²) in [6, 6.07) is 9.57. The molecule has 1 atom stereocenters. The Hall–Kier alpha value is -1.70. The van der Waals surface area contributed by atoms with Gasteiger partial charge in [-0.05, 0) is 37.8 Å². The lowest BCUT2D eigenvalue weighted by Gasteiger charge is -2.22. The molecule has 6 nitrogen and oxygen atoms in total. The Kier molecular flexibility index (Phi) is 9.52. The zero-order chi connectivity index (χ0) is 22.1. The molecule has 2 aromatic rings. The van der Waals surface area contributed by atoms with Gasteiger partial charge in [0.25, 0.3) is 0 Å². The number of benzene rings is 1. The van der Waals surface area contributed by atoms with Crippen molar-refractivity contribution < 1.29 is 13.5 Å². The molecule has 168 valence electrons. The summed E-state index contributed by atoms with van der Waals surface area (Å²) in [7, 11) is -1.48. The maximum Gasteiger partial charge on any atom is 0.227 e. The summed E-state index contributed by atoms with van der Waals surface area (Å²) in [5.41, 5.74) is 1.74. The zero-order valence-electron chi connectivity index (χ0n) is 18.8. The first kappa shape index (κ1) is 24.6. The first-order valence-electron chi connectivity index (χ1n) is 10.9. The molecular formula is C23H37N3O3S. The SMILES string of the molecule is CCCCn1c(CN(C)CC(O)c2ccccc2)cnc1S(=O)(=O)CCCC(C)C. The van der Waals surface area contributed by atoms with Crippen molar-refractivity contribution in [1.82, 2.24) is 14.5 Å². The third-order valence-corrected chi connectivity index (χ3v) is 6.92. The molecule has 0 radical (unpaired) electrons. The van der Waals surface area contributed by atoms with Crippen molar-refractivity contribution in [2.24, 2.45) is 5.92 Å². The predicted molar refractivity (Wildman–Crippen MR) is 121 cm³/mol. The van der Waals surface area contributed by atoms with Gasteiger partial charge in [0.2, 0.25) is 15.0 Å². The molecule has 0 bridgehead atoms. The van der Waals surface area contributed by atoms with Gasteiger partial charge in [0.15, 0.2) is 0 Å². The smallest absolute Gasteiger partial charge is 0.227 e. The number of nitrogens with zero attached hydrogens (tertiary/aromatic N) is 3. The summed E-state index contributed by atoms with van der Waals surface area (Å²) >= 11 is 0. The number of hydrogen-bond acceptors (Lipinski definition) is 5. The molecule has 0 aliphatic heterocycles. The highest BCUT2D eigenvalue weighted by Gasteiger charge is 2.24. The molecule has 0 aliphatic carbocycles. The van der Waals surface area contributed by atoms with Gasteiger partial charge >= 0.3 is 0 Å². The minimum Gasteiger partial charge on any atom is -0.387 e. The summed E-state index contributed by atoms with van der Waals surface area (Å²) in [5, 5.41) is 10.7. The molecule has 7 heteroatoms. The Morgan fingerprint density at radius 2 is 1.87 bits per heavy atom. The van der Waals surface area contributed by atoms with E-state index in [0.717, 1.165) is 30.5 Å². The summed E-state index contributed by atoms with van der Waals surface area (Å²) in [6.07, 6.45) is 4.50. The monoisotopic (exact) mass is 435 g/mol.